The second-order valence-electron chi connectivity index (χ2n) is 6.77. The van der Waals surface area contributed by atoms with Crippen LogP contribution in [-0.2, 0) is 0 Å². The van der Waals surface area contributed by atoms with Gasteiger partial charge in [-0.25, -0.2) is 19.7 Å². The molecule has 146 valence electrons. The number of nitrogens with one attached hydrogen (secondary N) is 3. The quantitative estimate of drug-likeness (QED) is 0.275. The number of pyridine rings is 1. The first-order valence-corrected chi connectivity index (χ1v) is 9.31. The van der Waals surface area contributed by atoms with E-state index < -0.39 is 5.97 Å². The second-order valence-corrected chi connectivity index (χ2v) is 6.77. The molecule has 0 radical (unpaired) electrons. The maximum Gasteiger partial charge on any atom is 0.335 e. The van der Waals surface area contributed by atoms with Gasteiger partial charge in [-0.15, -0.1) is 0 Å². The third-order valence-electron chi connectivity index (χ3n) is 4.57. The number of carboxylic acid groups (broad SMARTS) is 1. The number of nitrogens with zero attached hydrogens (tertiary/aromatic N) is 3. The van der Waals surface area contributed by atoms with Gasteiger partial charge in [0.2, 0.25) is 5.95 Å². The van der Waals surface area contributed by atoms with Crippen LogP contribution in [0.1, 0.15) is 23.2 Å². The average molecular weight is 382 g/mol. The number of aromatic nitrogens is 3. The zero-order valence-electron chi connectivity index (χ0n) is 15.3. The van der Waals surface area contributed by atoms with Gasteiger partial charge in [-0.1, -0.05) is 6.07 Å². The molecule has 5 N–H and O–H groups in total. The summed E-state index contributed by atoms with van der Waals surface area (Å²) < 4.78 is 0. The molecule has 3 aromatic rings. The number of carboxylic acids is 1. The van der Waals surface area contributed by atoms with E-state index in [-0.39, 0.29) is 12.2 Å². The van der Waals surface area contributed by atoms with Crippen LogP contribution < -0.4 is 16.0 Å². The molecular formula is C19H22N6O3. The molecule has 1 saturated carbocycles. The van der Waals surface area contributed by atoms with Gasteiger partial charge in [-0.05, 0) is 25.0 Å². The zero-order valence-corrected chi connectivity index (χ0v) is 15.3. The van der Waals surface area contributed by atoms with Crippen molar-refractivity contribution in [3.05, 3.63) is 30.0 Å². The Hall–Kier alpha value is -3.04. The maximum absolute atomic E-state index is 11.3. The van der Waals surface area contributed by atoms with Crippen molar-refractivity contribution >= 4 is 39.5 Å². The van der Waals surface area contributed by atoms with Crippen LogP contribution in [-0.4, -0.2) is 63.4 Å². The Morgan fingerprint density at radius 1 is 1.14 bits per heavy atom. The Morgan fingerprint density at radius 3 is 2.75 bits per heavy atom. The Bertz CT molecular complexity index is 1020. The molecule has 0 spiro atoms. The van der Waals surface area contributed by atoms with Crippen LogP contribution in [0.4, 0.5) is 11.8 Å². The standard InChI is InChI=1S/C19H22N6O3/c26-8-7-20-5-6-21-19-22-10-14-13-4-1-11(18(27)28)9-15(13)24-17(16(14)25-19)23-12-2-3-12/h1,4,9-10,12,20,26H,2-3,5-8H2,(H,23,24)(H,27,28)(H,21,22,25). The number of hydrogen-bond donors (Lipinski definition) is 5. The Labute approximate surface area is 161 Å². The van der Waals surface area contributed by atoms with Crippen molar-refractivity contribution in [2.75, 3.05) is 36.9 Å². The molecule has 0 atom stereocenters. The summed E-state index contributed by atoms with van der Waals surface area (Å²) in [7, 11) is 0. The van der Waals surface area contributed by atoms with Crippen molar-refractivity contribution in [3.63, 3.8) is 0 Å². The van der Waals surface area contributed by atoms with Crippen LogP contribution in [0.25, 0.3) is 21.8 Å². The molecule has 4 rings (SSSR count). The van der Waals surface area contributed by atoms with Crippen LogP contribution in [0.2, 0.25) is 0 Å². The molecule has 0 bridgehead atoms. The lowest BCUT2D eigenvalue weighted by molar-refractivity contribution is 0.0697. The number of hydrogen-bond acceptors (Lipinski definition) is 8. The number of aromatic carboxylic acids is 1. The fraction of sp³-hybridized carbons (Fsp3) is 0.368. The summed E-state index contributed by atoms with van der Waals surface area (Å²) in [6, 6.07) is 5.28. The monoisotopic (exact) mass is 382 g/mol. The van der Waals surface area contributed by atoms with Crippen LogP contribution in [0.15, 0.2) is 24.4 Å². The van der Waals surface area contributed by atoms with Gasteiger partial charge in [0.15, 0.2) is 5.82 Å². The van der Waals surface area contributed by atoms with Gasteiger partial charge in [0.25, 0.3) is 0 Å². The third kappa shape index (κ3) is 3.95. The van der Waals surface area contributed by atoms with Crippen molar-refractivity contribution in [3.8, 4) is 0 Å². The van der Waals surface area contributed by atoms with E-state index in [1.54, 1.807) is 24.4 Å². The number of aliphatic hydroxyl groups excluding tert-OH is 1. The predicted molar refractivity (Wildman–Crippen MR) is 107 cm³/mol. The highest BCUT2D eigenvalue weighted by molar-refractivity contribution is 6.09. The van der Waals surface area contributed by atoms with Crippen LogP contribution >= 0.6 is 0 Å². The maximum atomic E-state index is 11.3. The first kappa shape index (κ1) is 18.3. The summed E-state index contributed by atoms with van der Waals surface area (Å²) in [5.41, 5.74) is 1.52. The van der Waals surface area contributed by atoms with E-state index in [9.17, 15) is 9.90 Å². The van der Waals surface area contributed by atoms with E-state index in [0.717, 1.165) is 23.6 Å². The topological polar surface area (TPSA) is 132 Å². The van der Waals surface area contributed by atoms with Crippen LogP contribution in [0.5, 0.6) is 0 Å². The summed E-state index contributed by atoms with van der Waals surface area (Å²) in [6.07, 6.45) is 3.92. The Morgan fingerprint density at radius 2 is 2.00 bits per heavy atom. The molecular weight excluding hydrogens is 360 g/mol. The first-order valence-electron chi connectivity index (χ1n) is 9.31. The lowest BCUT2D eigenvalue weighted by atomic mass is 10.1. The van der Waals surface area contributed by atoms with E-state index in [0.29, 0.717) is 48.5 Å². The molecule has 0 amide bonds. The molecule has 9 heteroatoms. The average Bonchev–Trinajstić information content (AvgIpc) is 3.51. The summed E-state index contributed by atoms with van der Waals surface area (Å²) in [5, 5.41) is 29.3. The minimum atomic E-state index is -0.980. The fourth-order valence-corrected chi connectivity index (χ4v) is 2.99. The van der Waals surface area contributed by atoms with Gasteiger partial charge in [-0.3, -0.25) is 0 Å². The molecule has 2 heterocycles. The lowest BCUT2D eigenvalue weighted by Gasteiger charge is -2.12. The van der Waals surface area contributed by atoms with E-state index in [1.165, 1.54) is 0 Å². The van der Waals surface area contributed by atoms with Gasteiger partial charge < -0.3 is 26.2 Å². The highest BCUT2D eigenvalue weighted by Gasteiger charge is 2.23. The van der Waals surface area contributed by atoms with Crippen molar-refractivity contribution in [2.24, 2.45) is 0 Å². The van der Waals surface area contributed by atoms with Gasteiger partial charge in [0.1, 0.15) is 5.52 Å². The normalized spacial score (nSPS) is 13.8. The molecule has 9 nitrogen and oxygen atoms in total. The number of carbonyl (C=O) groups is 1. The molecule has 0 saturated heterocycles. The molecule has 2 aromatic heterocycles. The molecule has 0 unspecified atom stereocenters. The van der Waals surface area contributed by atoms with E-state index in [2.05, 4.69) is 30.9 Å². The fourth-order valence-electron chi connectivity index (χ4n) is 2.99. The van der Waals surface area contributed by atoms with E-state index in [1.807, 2.05) is 0 Å². The first-order chi connectivity index (χ1) is 13.7. The lowest BCUT2D eigenvalue weighted by Crippen LogP contribution is -2.25. The van der Waals surface area contributed by atoms with Gasteiger partial charge in [0, 0.05) is 42.6 Å². The van der Waals surface area contributed by atoms with Crippen molar-refractivity contribution < 1.29 is 15.0 Å². The summed E-state index contributed by atoms with van der Waals surface area (Å²) in [6.45, 7) is 1.96. The molecule has 1 aliphatic rings. The van der Waals surface area contributed by atoms with E-state index >= 15 is 0 Å². The van der Waals surface area contributed by atoms with Gasteiger partial charge >= 0.3 is 5.97 Å². The van der Waals surface area contributed by atoms with Gasteiger partial charge in [-0.2, -0.15) is 0 Å². The van der Waals surface area contributed by atoms with Crippen LogP contribution in [0.3, 0.4) is 0 Å². The summed E-state index contributed by atoms with van der Waals surface area (Å²) in [5.74, 6) is 0.169. The van der Waals surface area contributed by atoms with E-state index in [4.69, 9.17) is 5.11 Å². The Kier molecular flexibility index (Phi) is 5.18. The number of fused-ring (bicyclic) bond motifs is 3. The van der Waals surface area contributed by atoms with Crippen molar-refractivity contribution in [1.29, 1.82) is 0 Å². The van der Waals surface area contributed by atoms with Crippen LogP contribution in [0, 0.1) is 0 Å². The van der Waals surface area contributed by atoms with Gasteiger partial charge in [0.05, 0.1) is 17.7 Å². The van der Waals surface area contributed by atoms with Crippen molar-refractivity contribution in [1.82, 2.24) is 20.3 Å². The second kappa shape index (κ2) is 7.91. The third-order valence-corrected chi connectivity index (χ3v) is 4.57. The summed E-state index contributed by atoms with van der Waals surface area (Å²) in [4.78, 5) is 25.0. The number of anilines is 2. The molecule has 1 aliphatic carbocycles. The SMILES string of the molecule is O=C(O)c1ccc2c(c1)nc(NC1CC1)c1nc(NCCNCCO)ncc12. The highest BCUT2D eigenvalue weighted by Crippen LogP contribution is 2.32. The predicted octanol–water partition coefficient (Wildman–Crippen LogP) is 1.44. The molecule has 28 heavy (non-hydrogen) atoms. The molecule has 0 aliphatic heterocycles. The zero-order chi connectivity index (χ0) is 19.5. The number of rotatable bonds is 9. The minimum absolute atomic E-state index is 0.102. The number of benzene rings is 1. The number of aliphatic hydroxyl groups is 1. The highest BCUT2D eigenvalue weighted by atomic mass is 16.4. The van der Waals surface area contributed by atoms with Crippen molar-refractivity contribution in [2.45, 2.75) is 18.9 Å². The molecule has 1 aromatic carbocycles. The minimum Gasteiger partial charge on any atom is -0.478 e. The molecule has 1 fully saturated rings. The largest absolute Gasteiger partial charge is 0.478 e. The smallest absolute Gasteiger partial charge is 0.335 e. The Balaban J connectivity index is 1.70. The summed E-state index contributed by atoms with van der Waals surface area (Å²) >= 11 is 0.